The van der Waals surface area contributed by atoms with Crippen LogP contribution in [0.2, 0.25) is 0 Å². The average Bonchev–Trinajstić information content (AvgIpc) is 2.41. The summed E-state index contributed by atoms with van der Waals surface area (Å²) in [5.41, 5.74) is 0.541. The molecule has 0 aliphatic heterocycles. The lowest BCUT2D eigenvalue weighted by atomic mass is 10.2. The summed E-state index contributed by atoms with van der Waals surface area (Å²) in [7, 11) is 0. The Kier molecular flexibility index (Phi) is 4.42. The van der Waals surface area contributed by atoms with Gasteiger partial charge in [0.2, 0.25) is 0 Å². The zero-order chi connectivity index (χ0) is 15.6. The monoisotopic (exact) mass is 314 g/mol. The predicted octanol–water partition coefficient (Wildman–Crippen LogP) is 4.36. The van der Waals surface area contributed by atoms with E-state index in [4.69, 9.17) is 12.2 Å². The molecule has 0 fully saturated rings. The van der Waals surface area contributed by atoms with Crippen molar-refractivity contribution in [2.24, 2.45) is 0 Å². The molecule has 2 aromatic rings. The molecule has 0 saturated heterocycles. The van der Waals surface area contributed by atoms with E-state index in [1.54, 1.807) is 18.2 Å². The van der Waals surface area contributed by atoms with Crippen LogP contribution in [0.4, 0.5) is 28.9 Å². The zero-order valence-corrected chi connectivity index (χ0v) is 11.6. The Morgan fingerprint density at radius 1 is 0.952 bits per heavy atom. The average molecular weight is 314 g/mol. The Balaban J connectivity index is 2.21. The van der Waals surface area contributed by atoms with Gasteiger partial charge in [0, 0.05) is 11.8 Å². The first-order valence-electron chi connectivity index (χ1n) is 5.86. The normalized spacial score (nSPS) is 10.3. The van der Waals surface area contributed by atoms with Gasteiger partial charge in [-0.2, -0.15) is 0 Å². The van der Waals surface area contributed by atoms with E-state index >= 15 is 0 Å². The maximum Gasteiger partial charge on any atom is 0.185 e. The molecule has 0 spiro atoms. The highest BCUT2D eigenvalue weighted by atomic mass is 32.1. The fourth-order valence-corrected chi connectivity index (χ4v) is 1.90. The molecule has 0 amide bonds. The SMILES string of the molecule is Cc1cccc(NC(=S)Nc2c(F)c(F)cc(F)c2F)c1. The van der Waals surface area contributed by atoms with Crippen molar-refractivity contribution in [3.63, 3.8) is 0 Å². The molecule has 0 radical (unpaired) electrons. The van der Waals surface area contributed by atoms with Gasteiger partial charge in [0.05, 0.1) is 0 Å². The van der Waals surface area contributed by atoms with E-state index in [9.17, 15) is 17.6 Å². The third-order valence-electron chi connectivity index (χ3n) is 2.63. The number of thiocarbonyl (C=S) groups is 1. The third kappa shape index (κ3) is 3.49. The summed E-state index contributed by atoms with van der Waals surface area (Å²) in [4.78, 5) is 0. The van der Waals surface area contributed by atoms with Crippen LogP contribution in [0.5, 0.6) is 0 Å². The lowest BCUT2D eigenvalue weighted by Crippen LogP contribution is -2.21. The molecule has 0 aromatic heterocycles. The topological polar surface area (TPSA) is 24.1 Å². The van der Waals surface area contributed by atoms with Gasteiger partial charge in [0.25, 0.3) is 0 Å². The number of nitrogens with one attached hydrogen (secondary N) is 2. The summed E-state index contributed by atoms with van der Waals surface area (Å²) in [6, 6.07) is 7.16. The van der Waals surface area contributed by atoms with Crippen LogP contribution in [0.1, 0.15) is 5.56 Å². The number of hydrogen-bond acceptors (Lipinski definition) is 1. The minimum absolute atomic E-state index is 0.132. The van der Waals surface area contributed by atoms with E-state index in [0.717, 1.165) is 5.56 Å². The first-order valence-corrected chi connectivity index (χ1v) is 6.27. The van der Waals surface area contributed by atoms with Gasteiger partial charge in [0.15, 0.2) is 28.4 Å². The Morgan fingerprint density at radius 2 is 1.57 bits per heavy atom. The van der Waals surface area contributed by atoms with Crippen LogP contribution in [-0.2, 0) is 0 Å². The number of hydrogen-bond donors (Lipinski definition) is 2. The zero-order valence-electron chi connectivity index (χ0n) is 10.8. The molecule has 2 aromatic carbocycles. The van der Waals surface area contributed by atoms with Crippen molar-refractivity contribution in [2.45, 2.75) is 6.92 Å². The lowest BCUT2D eigenvalue weighted by Gasteiger charge is -2.13. The summed E-state index contributed by atoms with van der Waals surface area (Å²) < 4.78 is 53.1. The molecule has 7 heteroatoms. The number of anilines is 2. The van der Waals surface area contributed by atoms with Gasteiger partial charge in [0.1, 0.15) is 5.69 Å². The Labute approximate surface area is 123 Å². The number of halogens is 4. The molecule has 2 rings (SSSR count). The van der Waals surface area contributed by atoms with Gasteiger partial charge in [-0.25, -0.2) is 17.6 Å². The molecule has 0 aliphatic carbocycles. The van der Waals surface area contributed by atoms with Crippen LogP contribution in [0, 0.1) is 30.2 Å². The minimum atomic E-state index is -1.54. The predicted molar refractivity (Wildman–Crippen MR) is 77.3 cm³/mol. The quantitative estimate of drug-likeness (QED) is 0.489. The second kappa shape index (κ2) is 6.09. The second-order valence-corrected chi connectivity index (χ2v) is 4.70. The molecule has 21 heavy (non-hydrogen) atoms. The molecule has 2 nitrogen and oxygen atoms in total. The van der Waals surface area contributed by atoms with Crippen molar-refractivity contribution in [2.75, 3.05) is 10.6 Å². The summed E-state index contributed by atoms with van der Waals surface area (Å²) in [5, 5.41) is 4.59. The second-order valence-electron chi connectivity index (χ2n) is 4.29. The van der Waals surface area contributed by atoms with Gasteiger partial charge < -0.3 is 10.6 Å². The van der Waals surface area contributed by atoms with E-state index < -0.39 is 29.0 Å². The molecule has 0 heterocycles. The number of aryl methyl sites for hydroxylation is 1. The van der Waals surface area contributed by atoms with E-state index in [2.05, 4.69) is 10.6 Å². The molecule has 0 saturated carbocycles. The highest BCUT2D eigenvalue weighted by molar-refractivity contribution is 7.80. The first-order chi connectivity index (χ1) is 9.88. The summed E-state index contributed by atoms with van der Waals surface area (Å²) >= 11 is 4.87. The highest BCUT2D eigenvalue weighted by Gasteiger charge is 2.19. The van der Waals surface area contributed by atoms with Crippen LogP contribution in [0.3, 0.4) is 0 Å². The summed E-state index contributed by atoms with van der Waals surface area (Å²) in [6.45, 7) is 1.85. The maximum absolute atomic E-state index is 13.5. The van der Waals surface area contributed by atoms with Crippen molar-refractivity contribution in [3.05, 3.63) is 59.2 Å². The van der Waals surface area contributed by atoms with Crippen LogP contribution in [0.15, 0.2) is 30.3 Å². The fraction of sp³-hybridized carbons (Fsp3) is 0.0714. The maximum atomic E-state index is 13.5. The lowest BCUT2D eigenvalue weighted by molar-refractivity contribution is 0.459. The van der Waals surface area contributed by atoms with Crippen LogP contribution >= 0.6 is 12.2 Å². The van der Waals surface area contributed by atoms with Crippen molar-refractivity contribution >= 4 is 28.7 Å². The molecule has 0 bridgehead atoms. The number of benzene rings is 2. The van der Waals surface area contributed by atoms with Gasteiger partial charge in [-0.15, -0.1) is 0 Å². The van der Waals surface area contributed by atoms with Crippen molar-refractivity contribution < 1.29 is 17.6 Å². The Bertz CT molecular complexity index is 677. The van der Waals surface area contributed by atoms with Crippen LogP contribution < -0.4 is 10.6 Å². The van der Waals surface area contributed by atoms with E-state index in [-0.39, 0.29) is 11.2 Å². The molecule has 0 unspecified atom stereocenters. The fourth-order valence-electron chi connectivity index (χ4n) is 1.68. The molecule has 2 N–H and O–H groups in total. The summed E-state index contributed by atoms with van der Waals surface area (Å²) in [5.74, 6) is -6.09. The molecular weight excluding hydrogens is 304 g/mol. The molecule has 0 atom stereocenters. The van der Waals surface area contributed by atoms with E-state index in [0.29, 0.717) is 5.69 Å². The van der Waals surface area contributed by atoms with Gasteiger partial charge in [-0.1, -0.05) is 12.1 Å². The minimum Gasteiger partial charge on any atom is -0.332 e. The molecular formula is C14H10F4N2S. The smallest absolute Gasteiger partial charge is 0.185 e. The van der Waals surface area contributed by atoms with Crippen LogP contribution in [0.25, 0.3) is 0 Å². The Morgan fingerprint density at radius 3 is 2.14 bits per heavy atom. The van der Waals surface area contributed by atoms with Gasteiger partial charge in [-0.3, -0.25) is 0 Å². The largest absolute Gasteiger partial charge is 0.332 e. The number of rotatable bonds is 2. The summed E-state index contributed by atoms with van der Waals surface area (Å²) in [6.07, 6.45) is 0. The molecule has 0 aliphatic rings. The van der Waals surface area contributed by atoms with Crippen molar-refractivity contribution in [1.29, 1.82) is 0 Å². The van der Waals surface area contributed by atoms with Crippen LogP contribution in [-0.4, -0.2) is 5.11 Å². The Hall–Kier alpha value is -2.15. The highest BCUT2D eigenvalue weighted by Crippen LogP contribution is 2.24. The van der Waals surface area contributed by atoms with Crippen molar-refractivity contribution in [1.82, 2.24) is 0 Å². The molecule has 110 valence electrons. The van der Waals surface area contributed by atoms with Gasteiger partial charge in [-0.05, 0) is 36.8 Å². The third-order valence-corrected chi connectivity index (χ3v) is 2.83. The van der Waals surface area contributed by atoms with Crippen molar-refractivity contribution in [3.8, 4) is 0 Å². The van der Waals surface area contributed by atoms with E-state index in [1.807, 2.05) is 13.0 Å². The standard InChI is InChI=1S/C14H10F4N2S/c1-7-3-2-4-8(5-7)19-14(21)20-13-11(17)9(15)6-10(16)12(13)18/h2-6H,1H3,(H2,19,20,21). The van der Waals surface area contributed by atoms with E-state index in [1.165, 1.54) is 0 Å². The first kappa shape index (κ1) is 15.2. The van der Waals surface area contributed by atoms with Gasteiger partial charge >= 0.3 is 0 Å².